The highest BCUT2D eigenvalue weighted by molar-refractivity contribution is 5.61. The van der Waals surface area contributed by atoms with Gasteiger partial charge in [0.25, 0.3) is 0 Å². The molecule has 0 fully saturated rings. The Labute approximate surface area is 88.8 Å². The van der Waals surface area contributed by atoms with Gasteiger partial charge in [0.05, 0.1) is 13.1 Å². The topological polar surface area (TPSA) is 122 Å². The SMILES string of the molecule is O=C([O-])NCC1Cn2cc([N+](=O)[O-])nc2O1. The van der Waals surface area contributed by atoms with Gasteiger partial charge in [-0.1, -0.05) is 0 Å². The lowest BCUT2D eigenvalue weighted by Crippen LogP contribution is -2.42. The molecular weight excluding hydrogens is 220 g/mol. The minimum atomic E-state index is -1.39. The Bertz CT molecular complexity index is 418. The van der Waals surface area contributed by atoms with Gasteiger partial charge in [-0.15, -0.1) is 0 Å². The summed E-state index contributed by atoms with van der Waals surface area (Å²) in [6.07, 6.45) is -0.561. The summed E-state index contributed by atoms with van der Waals surface area (Å²) in [5.41, 5.74) is 0. The van der Waals surface area contributed by atoms with Crippen molar-refractivity contribution < 1.29 is 19.6 Å². The van der Waals surface area contributed by atoms with Crippen LogP contribution in [0.1, 0.15) is 0 Å². The van der Waals surface area contributed by atoms with Crippen molar-refractivity contribution in [3.8, 4) is 6.01 Å². The molecule has 2 heterocycles. The van der Waals surface area contributed by atoms with Crippen LogP contribution in [0.5, 0.6) is 6.01 Å². The molecule has 16 heavy (non-hydrogen) atoms. The molecule has 0 saturated carbocycles. The molecule has 0 saturated heterocycles. The van der Waals surface area contributed by atoms with Gasteiger partial charge in [-0.05, 0) is 4.92 Å². The van der Waals surface area contributed by atoms with Gasteiger partial charge >= 0.3 is 11.8 Å². The minimum absolute atomic E-state index is 0.0551. The number of nitrogens with one attached hydrogen (secondary N) is 1. The zero-order valence-corrected chi connectivity index (χ0v) is 7.95. The van der Waals surface area contributed by atoms with Crippen molar-refractivity contribution in [2.24, 2.45) is 0 Å². The molecule has 1 unspecified atom stereocenters. The number of carboxylic acid groups (broad SMARTS) is 1. The highest BCUT2D eigenvalue weighted by Crippen LogP contribution is 2.24. The molecule has 0 aliphatic carbocycles. The van der Waals surface area contributed by atoms with Crippen molar-refractivity contribution in [2.45, 2.75) is 12.6 Å². The number of ether oxygens (including phenoxy) is 1. The normalized spacial score (nSPS) is 17.6. The molecule has 1 amide bonds. The first-order chi connectivity index (χ1) is 7.56. The number of hydrogen-bond donors (Lipinski definition) is 1. The molecule has 0 bridgehead atoms. The fraction of sp³-hybridized carbons (Fsp3) is 0.429. The van der Waals surface area contributed by atoms with E-state index in [1.165, 1.54) is 10.8 Å². The van der Waals surface area contributed by atoms with Crippen LogP contribution in [-0.2, 0) is 6.54 Å². The first-order valence-electron chi connectivity index (χ1n) is 4.39. The van der Waals surface area contributed by atoms with E-state index in [0.29, 0.717) is 6.54 Å². The number of rotatable bonds is 3. The second-order valence-corrected chi connectivity index (χ2v) is 3.20. The number of nitrogens with zero attached hydrogens (tertiary/aromatic N) is 3. The molecule has 0 aromatic carbocycles. The van der Waals surface area contributed by atoms with Gasteiger partial charge in [0.15, 0.2) is 0 Å². The molecule has 9 heteroatoms. The van der Waals surface area contributed by atoms with Crippen molar-refractivity contribution in [3.63, 3.8) is 0 Å². The number of imidazole rings is 1. The Hall–Kier alpha value is -2.32. The van der Waals surface area contributed by atoms with Crippen LogP contribution in [0.3, 0.4) is 0 Å². The molecule has 1 N–H and O–H groups in total. The molecular formula is C7H7N4O5-. The van der Waals surface area contributed by atoms with Crippen molar-refractivity contribution in [2.75, 3.05) is 6.54 Å². The Morgan fingerprint density at radius 1 is 1.81 bits per heavy atom. The standard InChI is InChI=1S/C7H8N4O5/c12-7(13)8-1-4-2-10-3-5(11(14)15)9-6(10)16-4/h3-4,8H,1-2H2,(H,12,13)/p-1. The monoisotopic (exact) mass is 227 g/mol. The Balaban J connectivity index is 1.98. The second kappa shape index (κ2) is 3.68. The zero-order chi connectivity index (χ0) is 11.7. The van der Waals surface area contributed by atoms with Crippen LogP contribution in [0, 0.1) is 10.1 Å². The van der Waals surface area contributed by atoms with Gasteiger partial charge < -0.3 is 30.1 Å². The molecule has 1 atom stereocenters. The van der Waals surface area contributed by atoms with Crippen molar-refractivity contribution in [1.82, 2.24) is 14.9 Å². The fourth-order valence-corrected chi connectivity index (χ4v) is 1.41. The van der Waals surface area contributed by atoms with Gasteiger partial charge in [-0.25, -0.2) is 0 Å². The van der Waals surface area contributed by atoms with E-state index in [-0.39, 0.29) is 18.4 Å². The second-order valence-electron chi connectivity index (χ2n) is 3.20. The summed E-state index contributed by atoms with van der Waals surface area (Å²) in [5, 5.41) is 22.6. The molecule has 1 aromatic heterocycles. The van der Waals surface area contributed by atoms with Gasteiger partial charge in [0.1, 0.15) is 18.4 Å². The maximum atomic E-state index is 10.4. The number of amides is 1. The summed E-state index contributed by atoms with van der Waals surface area (Å²) in [5.74, 6) is -0.290. The molecule has 86 valence electrons. The summed E-state index contributed by atoms with van der Waals surface area (Å²) in [6, 6.07) is 0.122. The quantitative estimate of drug-likeness (QED) is 0.494. The molecule has 0 spiro atoms. The van der Waals surface area contributed by atoms with Gasteiger partial charge in [-0.2, -0.15) is 0 Å². The van der Waals surface area contributed by atoms with Crippen molar-refractivity contribution in [3.05, 3.63) is 16.3 Å². The van der Waals surface area contributed by atoms with Crippen molar-refractivity contribution >= 4 is 11.9 Å². The smallest absolute Gasteiger partial charge is 0.414 e. The van der Waals surface area contributed by atoms with Crippen LogP contribution in [-0.4, -0.2) is 33.2 Å². The summed E-state index contributed by atoms with van der Waals surface area (Å²) >= 11 is 0. The van der Waals surface area contributed by atoms with Crippen LogP contribution >= 0.6 is 0 Å². The Morgan fingerprint density at radius 3 is 3.12 bits per heavy atom. The zero-order valence-electron chi connectivity index (χ0n) is 7.95. The van der Waals surface area contributed by atoms with E-state index in [4.69, 9.17) is 4.74 Å². The molecule has 1 aliphatic rings. The van der Waals surface area contributed by atoms with Gasteiger partial charge in [-0.3, -0.25) is 4.57 Å². The predicted molar refractivity (Wildman–Crippen MR) is 46.7 cm³/mol. The molecule has 2 rings (SSSR count). The van der Waals surface area contributed by atoms with Crippen LogP contribution in [0.25, 0.3) is 0 Å². The third kappa shape index (κ3) is 1.87. The summed E-state index contributed by atoms with van der Waals surface area (Å²) < 4.78 is 6.64. The van der Waals surface area contributed by atoms with E-state index in [1.54, 1.807) is 0 Å². The average Bonchev–Trinajstić information content (AvgIpc) is 2.70. The molecule has 9 nitrogen and oxygen atoms in total. The maximum Gasteiger partial charge on any atom is 0.414 e. The number of fused-ring (bicyclic) bond motifs is 1. The van der Waals surface area contributed by atoms with E-state index >= 15 is 0 Å². The summed E-state index contributed by atoms with van der Waals surface area (Å²) in [6.45, 7) is 0.371. The fourth-order valence-electron chi connectivity index (χ4n) is 1.41. The predicted octanol–water partition coefficient (Wildman–Crippen LogP) is -1.51. The third-order valence-electron chi connectivity index (χ3n) is 2.06. The van der Waals surface area contributed by atoms with E-state index in [0.717, 1.165) is 0 Å². The summed E-state index contributed by atoms with van der Waals surface area (Å²) in [4.78, 5) is 23.5. The number of carbonyl (C=O) groups excluding carboxylic acids is 1. The van der Waals surface area contributed by atoms with E-state index in [9.17, 15) is 20.0 Å². The van der Waals surface area contributed by atoms with Crippen LogP contribution in [0.4, 0.5) is 10.6 Å². The number of carbonyl (C=O) groups is 1. The molecule has 1 aliphatic heterocycles. The number of aromatic nitrogens is 2. The number of hydrogen-bond acceptors (Lipinski definition) is 6. The average molecular weight is 227 g/mol. The van der Waals surface area contributed by atoms with Gasteiger partial charge in [0.2, 0.25) is 0 Å². The van der Waals surface area contributed by atoms with Crippen molar-refractivity contribution in [1.29, 1.82) is 0 Å². The largest absolute Gasteiger partial charge is 0.530 e. The Kier molecular flexibility index (Phi) is 2.35. The highest BCUT2D eigenvalue weighted by Gasteiger charge is 2.30. The van der Waals surface area contributed by atoms with Crippen LogP contribution < -0.4 is 15.2 Å². The van der Waals surface area contributed by atoms with E-state index in [1.807, 2.05) is 0 Å². The van der Waals surface area contributed by atoms with Crippen LogP contribution in [0.15, 0.2) is 6.20 Å². The maximum absolute atomic E-state index is 10.4. The lowest BCUT2D eigenvalue weighted by atomic mass is 10.3. The minimum Gasteiger partial charge on any atom is -0.530 e. The number of nitro groups is 1. The van der Waals surface area contributed by atoms with E-state index in [2.05, 4.69) is 10.3 Å². The first kappa shape index (κ1) is 10.2. The highest BCUT2D eigenvalue weighted by atomic mass is 16.6. The van der Waals surface area contributed by atoms with E-state index < -0.39 is 17.1 Å². The lowest BCUT2D eigenvalue weighted by Gasteiger charge is -2.10. The molecule has 0 radical (unpaired) electrons. The van der Waals surface area contributed by atoms with Crippen LogP contribution in [0.2, 0.25) is 0 Å². The molecule has 1 aromatic rings. The summed E-state index contributed by atoms with van der Waals surface area (Å²) in [7, 11) is 0. The van der Waals surface area contributed by atoms with Gasteiger partial charge in [0, 0.05) is 4.98 Å². The Morgan fingerprint density at radius 2 is 2.56 bits per heavy atom. The third-order valence-corrected chi connectivity index (χ3v) is 2.06. The first-order valence-corrected chi connectivity index (χ1v) is 4.39. The lowest BCUT2D eigenvalue weighted by molar-refractivity contribution is -0.389.